The van der Waals surface area contributed by atoms with E-state index in [0.29, 0.717) is 11.5 Å². The lowest BCUT2D eigenvalue weighted by Gasteiger charge is -2.20. The van der Waals surface area contributed by atoms with Crippen LogP contribution in [0.3, 0.4) is 0 Å². The van der Waals surface area contributed by atoms with Crippen LogP contribution in [0.1, 0.15) is 37.2 Å². The van der Waals surface area contributed by atoms with Crippen molar-refractivity contribution in [2.45, 2.75) is 38.2 Å². The quantitative estimate of drug-likeness (QED) is 0.719. The van der Waals surface area contributed by atoms with Crippen LogP contribution in [0.15, 0.2) is 30.2 Å². The Morgan fingerprint density at radius 2 is 1.90 bits per heavy atom. The van der Waals surface area contributed by atoms with Gasteiger partial charge in [-0.25, -0.2) is 9.97 Å². The topological polar surface area (TPSA) is 60.0 Å². The van der Waals surface area contributed by atoms with Crippen molar-refractivity contribution < 1.29 is 26.3 Å². The summed E-state index contributed by atoms with van der Waals surface area (Å²) in [5, 5.41) is 0. The molecule has 0 bridgehead atoms. The number of aromatic nitrogens is 3. The van der Waals surface area contributed by atoms with Crippen LogP contribution >= 0.6 is 0 Å². The molecule has 2 aliphatic rings. The van der Waals surface area contributed by atoms with E-state index in [4.69, 9.17) is 5.73 Å². The van der Waals surface area contributed by atoms with Crippen molar-refractivity contribution in [1.82, 2.24) is 19.4 Å². The van der Waals surface area contributed by atoms with Crippen LogP contribution in [0, 0.1) is 5.92 Å². The number of imidazole rings is 1. The second-order valence-corrected chi connectivity index (χ2v) is 7.93. The molecule has 162 valence electrons. The molecule has 0 radical (unpaired) electrons. The summed E-state index contributed by atoms with van der Waals surface area (Å²) >= 11 is 0. The van der Waals surface area contributed by atoms with Gasteiger partial charge in [-0.3, -0.25) is 0 Å². The Hall–Kier alpha value is -2.72. The van der Waals surface area contributed by atoms with Crippen LogP contribution in [0.2, 0.25) is 0 Å². The molecule has 2 N–H and O–H groups in total. The second-order valence-electron chi connectivity index (χ2n) is 7.93. The van der Waals surface area contributed by atoms with Crippen LogP contribution in [0.25, 0.3) is 11.3 Å². The third-order valence-electron chi connectivity index (χ3n) is 5.28. The molecule has 3 heterocycles. The number of rotatable bonds is 4. The maximum atomic E-state index is 13.2. The fraction of sp³-hybridized carbons (Fsp3) is 0.474. The molecule has 0 aromatic carbocycles. The molecule has 2 aromatic heterocycles. The number of hydrogen-bond donors (Lipinski definition) is 1. The van der Waals surface area contributed by atoms with Crippen LogP contribution < -0.4 is 5.73 Å². The number of anilines is 1. The number of nitrogens with two attached hydrogens (primary N) is 1. The van der Waals surface area contributed by atoms with Gasteiger partial charge in [-0.05, 0) is 11.6 Å². The molecule has 1 fully saturated rings. The van der Waals surface area contributed by atoms with Gasteiger partial charge in [0.25, 0.3) is 0 Å². The Morgan fingerprint density at radius 3 is 2.43 bits per heavy atom. The number of nitrogen functional groups attached to an aromatic ring is 1. The largest absolute Gasteiger partial charge is 0.419 e. The molecule has 2 atom stereocenters. The standard InChI is InChI=1S/C19H19F6N5/c1-9(2)17-28-14(10-3-13(19(23,24)25)16(26)27-4-10)7-30(17)15-11-5-29(6-12(11)15)8-18(20,21)22/h3-5,7,9,12,15H,6,8H2,1-2H3,(H2,26,27)/t12-,15-/m0/s1. The number of hydrogen-bond acceptors (Lipinski definition) is 4. The van der Waals surface area contributed by atoms with Crippen molar-refractivity contribution in [3.8, 4) is 11.3 Å². The predicted molar refractivity (Wildman–Crippen MR) is 97.2 cm³/mol. The number of alkyl halides is 6. The molecule has 1 saturated carbocycles. The Labute approximate surface area is 168 Å². The van der Waals surface area contributed by atoms with Gasteiger partial charge in [0.15, 0.2) is 0 Å². The molecule has 1 aliphatic heterocycles. The van der Waals surface area contributed by atoms with Gasteiger partial charge in [0, 0.05) is 42.5 Å². The van der Waals surface area contributed by atoms with E-state index >= 15 is 0 Å². The van der Waals surface area contributed by atoms with Gasteiger partial charge in [-0.15, -0.1) is 0 Å². The zero-order valence-corrected chi connectivity index (χ0v) is 16.1. The first-order valence-electron chi connectivity index (χ1n) is 9.29. The minimum Gasteiger partial charge on any atom is -0.383 e. The summed E-state index contributed by atoms with van der Waals surface area (Å²) in [5.74, 6) is -0.0441. The van der Waals surface area contributed by atoms with Gasteiger partial charge >= 0.3 is 12.4 Å². The lowest BCUT2D eigenvalue weighted by atomic mass is 10.1. The molecular formula is C19H19F6N5. The molecule has 5 nitrogen and oxygen atoms in total. The number of halogens is 6. The minimum atomic E-state index is -4.64. The molecule has 4 rings (SSSR count). The van der Waals surface area contributed by atoms with Gasteiger partial charge in [-0.2, -0.15) is 26.3 Å². The van der Waals surface area contributed by atoms with E-state index in [1.54, 1.807) is 6.20 Å². The number of nitrogens with zero attached hydrogens (tertiary/aromatic N) is 4. The zero-order chi connectivity index (χ0) is 22.0. The Morgan fingerprint density at radius 1 is 1.20 bits per heavy atom. The van der Waals surface area contributed by atoms with Crippen molar-refractivity contribution in [3.63, 3.8) is 0 Å². The van der Waals surface area contributed by atoms with E-state index in [0.717, 1.165) is 11.6 Å². The first-order valence-corrected chi connectivity index (χ1v) is 9.29. The van der Waals surface area contributed by atoms with Crippen molar-refractivity contribution >= 4 is 5.82 Å². The van der Waals surface area contributed by atoms with E-state index < -0.39 is 30.3 Å². The summed E-state index contributed by atoms with van der Waals surface area (Å²) < 4.78 is 79.1. The molecular weight excluding hydrogens is 412 g/mol. The molecule has 0 amide bonds. The third kappa shape index (κ3) is 3.72. The number of pyridine rings is 1. The van der Waals surface area contributed by atoms with Gasteiger partial charge in [0.1, 0.15) is 18.2 Å². The minimum absolute atomic E-state index is 0.0317. The fourth-order valence-corrected chi connectivity index (χ4v) is 3.95. The third-order valence-corrected chi connectivity index (χ3v) is 5.28. The summed E-state index contributed by atoms with van der Waals surface area (Å²) in [4.78, 5) is 9.38. The summed E-state index contributed by atoms with van der Waals surface area (Å²) in [6.07, 6.45) is -4.51. The van der Waals surface area contributed by atoms with Crippen molar-refractivity contribution in [3.05, 3.63) is 41.6 Å². The highest BCUT2D eigenvalue weighted by atomic mass is 19.4. The van der Waals surface area contributed by atoms with Crippen molar-refractivity contribution in [2.24, 2.45) is 5.92 Å². The Bertz CT molecular complexity index is 1000. The van der Waals surface area contributed by atoms with E-state index in [2.05, 4.69) is 9.97 Å². The summed E-state index contributed by atoms with van der Waals surface area (Å²) in [6.45, 7) is 3.05. The average Bonchev–Trinajstić information content (AvgIpc) is 2.95. The predicted octanol–water partition coefficient (Wildman–Crippen LogP) is 4.60. The van der Waals surface area contributed by atoms with E-state index in [1.807, 2.05) is 18.4 Å². The van der Waals surface area contributed by atoms with Crippen LogP contribution in [0.4, 0.5) is 32.2 Å². The fourth-order valence-electron chi connectivity index (χ4n) is 3.95. The lowest BCUT2D eigenvalue weighted by Crippen LogP contribution is -2.30. The Balaban J connectivity index is 1.65. The van der Waals surface area contributed by atoms with Gasteiger partial charge in [-0.1, -0.05) is 13.8 Å². The SMILES string of the molecule is CC(C)c1nc(-c2cnc(N)c(C(F)(F)F)c2)cn1[C@H]1C2=CN(CC(F)(F)F)C[C@@H]21. The molecule has 1 aliphatic carbocycles. The first-order chi connectivity index (χ1) is 13.8. The monoisotopic (exact) mass is 431 g/mol. The first kappa shape index (κ1) is 20.5. The van der Waals surface area contributed by atoms with Crippen LogP contribution in [-0.2, 0) is 6.18 Å². The number of fused-ring (bicyclic) bond motifs is 1. The highest BCUT2D eigenvalue weighted by Crippen LogP contribution is 2.55. The Kier molecular flexibility index (Phi) is 4.55. The van der Waals surface area contributed by atoms with E-state index in [1.165, 1.54) is 17.3 Å². The molecule has 0 unspecified atom stereocenters. The van der Waals surface area contributed by atoms with Gasteiger partial charge in [0.2, 0.25) is 0 Å². The molecule has 11 heteroatoms. The van der Waals surface area contributed by atoms with Gasteiger partial charge in [0.05, 0.1) is 17.3 Å². The summed E-state index contributed by atoms with van der Waals surface area (Å²) in [7, 11) is 0. The van der Waals surface area contributed by atoms with E-state index in [-0.39, 0.29) is 30.0 Å². The lowest BCUT2D eigenvalue weighted by molar-refractivity contribution is -0.140. The highest BCUT2D eigenvalue weighted by Gasteiger charge is 2.52. The second kappa shape index (κ2) is 6.64. The van der Waals surface area contributed by atoms with Crippen LogP contribution in [0.5, 0.6) is 0 Å². The summed E-state index contributed by atoms with van der Waals surface area (Å²) in [5.41, 5.74) is 5.69. The van der Waals surface area contributed by atoms with Crippen molar-refractivity contribution in [1.29, 1.82) is 0 Å². The normalized spacial score (nSPS) is 21.2. The maximum absolute atomic E-state index is 13.2. The maximum Gasteiger partial charge on any atom is 0.419 e. The smallest absolute Gasteiger partial charge is 0.383 e. The van der Waals surface area contributed by atoms with Crippen molar-refractivity contribution in [2.75, 3.05) is 18.8 Å². The molecule has 2 aromatic rings. The molecule has 30 heavy (non-hydrogen) atoms. The zero-order valence-electron chi connectivity index (χ0n) is 16.1. The summed E-state index contributed by atoms with van der Waals surface area (Å²) in [6, 6.07) is 0.786. The van der Waals surface area contributed by atoms with Crippen LogP contribution in [-0.4, -0.2) is 38.7 Å². The highest BCUT2D eigenvalue weighted by molar-refractivity contribution is 5.62. The molecule has 0 saturated heterocycles. The average molecular weight is 431 g/mol. The van der Waals surface area contributed by atoms with Gasteiger partial charge < -0.3 is 15.2 Å². The molecule has 0 spiro atoms. The van der Waals surface area contributed by atoms with E-state index in [9.17, 15) is 26.3 Å².